The van der Waals surface area contributed by atoms with E-state index in [0.717, 1.165) is 0 Å². The van der Waals surface area contributed by atoms with Crippen molar-refractivity contribution in [2.45, 2.75) is 0 Å². The van der Waals surface area contributed by atoms with E-state index in [1.165, 1.54) is 33.5 Å². The topological polar surface area (TPSA) is 98.4 Å². The van der Waals surface area contributed by atoms with Crippen LogP contribution in [-0.4, -0.2) is 42.4 Å². The Morgan fingerprint density at radius 3 is 2.57 bits per heavy atom. The van der Waals surface area contributed by atoms with Crippen LogP contribution in [0, 0.1) is 0 Å². The maximum absolute atomic E-state index is 12.1. The highest BCUT2D eigenvalue weighted by atomic mass is 35.5. The first kappa shape index (κ1) is 14.9. The number of aromatic amines is 1. The number of halogens is 1. The molecule has 1 amide bonds. The van der Waals surface area contributed by atoms with Crippen LogP contribution in [0.5, 0.6) is 17.5 Å². The number of hydrogen-bond acceptors (Lipinski definition) is 6. The molecule has 8 nitrogen and oxygen atoms in total. The largest absolute Gasteiger partial charge is 0.493 e. The maximum atomic E-state index is 12.1. The standard InChI is InChI=1S/C12H13ClN4O4/c1-19-8-5-6(4-7(13)9(8)20-2)10(18)14-11-15-12(21-3)17-16-11/h4-5H,1-3H3,(H2,14,15,16,17,18). The molecule has 21 heavy (non-hydrogen) atoms. The lowest BCUT2D eigenvalue weighted by Gasteiger charge is -2.11. The highest BCUT2D eigenvalue weighted by Gasteiger charge is 2.16. The molecular formula is C12H13ClN4O4. The van der Waals surface area contributed by atoms with E-state index in [1.54, 1.807) is 0 Å². The Balaban J connectivity index is 2.24. The first-order valence-electron chi connectivity index (χ1n) is 5.78. The second kappa shape index (κ2) is 6.31. The molecule has 112 valence electrons. The molecule has 0 radical (unpaired) electrons. The number of hydrogen-bond donors (Lipinski definition) is 2. The van der Waals surface area contributed by atoms with Crippen LogP contribution in [0.15, 0.2) is 12.1 Å². The molecule has 0 aliphatic carbocycles. The van der Waals surface area contributed by atoms with Gasteiger partial charge in [0.2, 0.25) is 5.95 Å². The van der Waals surface area contributed by atoms with E-state index >= 15 is 0 Å². The number of aromatic nitrogens is 3. The summed E-state index contributed by atoms with van der Waals surface area (Å²) in [6.07, 6.45) is 0. The van der Waals surface area contributed by atoms with E-state index in [2.05, 4.69) is 20.5 Å². The normalized spacial score (nSPS) is 10.1. The third-order valence-electron chi connectivity index (χ3n) is 2.58. The molecule has 1 heterocycles. The smallest absolute Gasteiger partial charge is 0.336 e. The number of ether oxygens (including phenoxy) is 3. The summed E-state index contributed by atoms with van der Waals surface area (Å²) < 4.78 is 15.0. The van der Waals surface area contributed by atoms with Crippen LogP contribution in [0.2, 0.25) is 5.02 Å². The van der Waals surface area contributed by atoms with E-state index in [9.17, 15) is 4.79 Å². The molecule has 0 aliphatic rings. The predicted octanol–water partition coefficient (Wildman–Crippen LogP) is 1.74. The molecule has 0 spiro atoms. The van der Waals surface area contributed by atoms with Gasteiger partial charge >= 0.3 is 6.01 Å². The van der Waals surface area contributed by atoms with Crippen LogP contribution in [0.1, 0.15) is 10.4 Å². The van der Waals surface area contributed by atoms with Crippen molar-refractivity contribution in [1.82, 2.24) is 15.2 Å². The third kappa shape index (κ3) is 3.16. The summed E-state index contributed by atoms with van der Waals surface area (Å²) in [6, 6.07) is 3.09. The van der Waals surface area contributed by atoms with Crippen LogP contribution in [0.25, 0.3) is 0 Å². The Bertz CT molecular complexity index is 659. The maximum Gasteiger partial charge on any atom is 0.336 e. The number of H-pyrrole nitrogens is 1. The van der Waals surface area contributed by atoms with Gasteiger partial charge in [-0.05, 0) is 12.1 Å². The minimum absolute atomic E-state index is 0.121. The van der Waals surface area contributed by atoms with Gasteiger partial charge in [0.05, 0.1) is 26.4 Å². The van der Waals surface area contributed by atoms with Crippen LogP contribution in [0.3, 0.4) is 0 Å². The molecule has 2 aromatic rings. The number of benzene rings is 1. The van der Waals surface area contributed by atoms with Crippen LogP contribution >= 0.6 is 11.6 Å². The number of anilines is 1. The van der Waals surface area contributed by atoms with E-state index in [4.69, 9.17) is 25.8 Å². The third-order valence-corrected chi connectivity index (χ3v) is 2.86. The van der Waals surface area contributed by atoms with Crippen molar-refractivity contribution in [2.24, 2.45) is 0 Å². The number of amides is 1. The number of methoxy groups -OCH3 is 3. The van der Waals surface area contributed by atoms with Gasteiger partial charge in [0.15, 0.2) is 11.5 Å². The number of carbonyl (C=O) groups is 1. The molecule has 0 saturated heterocycles. The van der Waals surface area contributed by atoms with E-state index in [1.807, 2.05) is 0 Å². The Hall–Kier alpha value is -2.48. The van der Waals surface area contributed by atoms with Crippen LogP contribution in [-0.2, 0) is 0 Å². The number of carbonyl (C=O) groups excluding carboxylic acids is 1. The first-order valence-corrected chi connectivity index (χ1v) is 6.16. The van der Waals surface area contributed by atoms with Crippen molar-refractivity contribution in [1.29, 1.82) is 0 Å². The summed E-state index contributed by atoms with van der Waals surface area (Å²) in [5.74, 6) is 0.432. The zero-order valence-electron chi connectivity index (χ0n) is 11.6. The van der Waals surface area contributed by atoms with Gasteiger partial charge in [-0.1, -0.05) is 11.6 Å². The fourth-order valence-electron chi connectivity index (χ4n) is 1.62. The first-order chi connectivity index (χ1) is 10.1. The summed E-state index contributed by atoms with van der Waals surface area (Å²) >= 11 is 6.05. The minimum atomic E-state index is -0.434. The molecular weight excluding hydrogens is 300 g/mol. The molecule has 0 unspecified atom stereocenters. The second-order valence-electron chi connectivity index (χ2n) is 3.82. The minimum Gasteiger partial charge on any atom is -0.493 e. The van der Waals surface area contributed by atoms with Crippen molar-refractivity contribution >= 4 is 23.5 Å². The van der Waals surface area contributed by atoms with Crippen molar-refractivity contribution in [3.63, 3.8) is 0 Å². The Morgan fingerprint density at radius 1 is 1.24 bits per heavy atom. The Labute approximate surface area is 125 Å². The predicted molar refractivity (Wildman–Crippen MR) is 75.4 cm³/mol. The highest BCUT2D eigenvalue weighted by Crippen LogP contribution is 2.36. The number of rotatable bonds is 5. The summed E-state index contributed by atoms with van der Waals surface area (Å²) in [6.45, 7) is 0. The lowest BCUT2D eigenvalue weighted by molar-refractivity contribution is 0.102. The van der Waals surface area contributed by atoms with Crippen molar-refractivity contribution in [2.75, 3.05) is 26.6 Å². The monoisotopic (exact) mass is 312 g/mol. The van der Waals surface area contributed by atoms with E-state index in [-0.39, 0.29) is 22.5 Å². The van der Waals surface area contributed by atoms with Gasteiger partial charge in [0.25, 0.3) is 5.91 Å². The average Bonchev–Trinajstić information content (AvgIpc) is 2.93. The highest BCUT2D eigenvalue weighted by molar-refractivity contribution is 6.32. The molecule has 0 saturated carbocycles. The molecule has 0 atom stereocenters. The van der Waals surface area contributed by atoms with Crippen molar-refractivity contribution in [3.8, 4) is 17.5 Å². The second-order valence-corrected chi connectivity index (χ2v) is 4.23. The lowest BCUT2D eigenvalue weighted by atomic mass is 10.2. The molecule has 0 aliphatic heterocycles. The quantitative estimate of drug-likeness (QED) is 0.872. The van der Waals surface area contributed by atoms with Gasteiger partial charge in [-0.3, -0.25) is 10.1 Å². The Morgan fingerprint density at radius 2 is 2.00 bits per heavy atom. The van der Waals surface area contributed by atoms with Crippen LogP contribution in [0.4, 0.5) is 5.95 Å². The van der Waals surface area contributed by atoms with Gasteiger partial charge in [-0.15, -0.1) is 5.10 Å². The molecule has 2 rings (SSSR count). The van der Waals surface area contributed by atoms with Gasteiger partial charge in [0, 0.05) is 5.56 Å². The fraction of sp³-hybridized carbons (Fsp3) is 0.250. The van der Waals surface area contributed by atoms with Gasteiger partial charge in [-0.2, -0.15) is 4.98 Å². The molecule has 0 bridgehead atoms. The summed E-state index contributed by atoms with van der Waals surface area (Å²) in [5, 5.41) is 9.02. The zero-order chi connectivity index (χ0) is 15.4. The molecule has 1 aromatic carbocycles. The summed E-state index contributed by atoms with van der Waals surface area (Å²) in [5.41, 5.74) is 0.285. The lowest BCUT2D eigenvalue weighted by Crippen LogP contribution is -2.13. The van der Waals surface area contributed by atoms with Gasteiger partial charge in [0.1, 0.15) is 0 Å². The molecule has 9 heteroatoms. The van der Waals surface area contributed by atoms with Gasteiger partial charge < -0.3 is 14.2 Å². The van der Waals surface area contributed by atoms with Gasteiger partial charge in [-0.25, -0.2) is 5.10 Å². The van der Waals surface area contributed by atoms with E-state index in [0.29, 0.717) is 11.5 Å². The van der Waals surface area contributed by atoms with Crippen molar-refractivity contribution in [3.05, 3.63) is 22.7 Å². The zero-order valence-corrected chi connectivity index (χ0v) is 12.3. The number of nitrogens with one attached hydrogen (secondary N) is 2. The fourth-order valence-corrected chi connectivity index (χ4v) is 1.91. The number of nitrogens with zero attached hydrogens (tertiary/aromatic N) is 2. The molecule has 0 fully saturated rings. The summed E-state index contributed by atoms with van der Waals surface area (Å²) in [4.78, 5) is 16.0. The Kier molecular flexibility index (Phi) is 4.49. The van der Waals surface area contributed by atoms with E-state index < -0.39 is 5.91 Å². The van der Waals surface area contributed by atoms with Crippen LogP contribution < -0.4 is 19.5 Å². The SMILES string of the molecule is COc1n[nH]c(NC(=O)c2cc(Cl)c(OC)c(OC)c2)n1. The summed E-state index contributed by atoms with van der Waals surface area (Å²) in [7, 11) is 4.34. The molecule has 2 N–H and O–H groups in total. The van der Waals surface area contributed by atoms with Crippen molar-refractivity contribution < 1.29 is 19.0 Å². The average molecular weight is 313 g/mol. The molecule has 1 aromatic heterocycles.